The predicted molar refractivity (Wildman–Crippen MR) is 60.8 cm³/mol. The maximum atomic E-state index is 4.57. The van der Waals surface area contributed by atoms with Gasteiger partial charge in [0.1, 0.15) is 0 Å². The van der Waals surface area contributed by atoms with E-state index in [0.29, 0.717) is 10.7 Å². The number of halogens is 1. The molecule has 2 rings (SSSR count). The van der Waals surface area contributed by atoms with E-state index in [1.54, 1.807) is 11.3 Å². The van der Waals surface area contributed by atoms with Gasteiger partial charge in [-0.1, -0.05) is 22.4 Å². The highest BCUT2D eigenvalue weighted by atomic mass is 79.9. The van der Waals surface area contributed by atoms with E-state index in [4.69, 9.17) is 0 Å². The van der Waals surface area contributed by atoms with Gasteiger partial charge in [-0.25, -0.2) is 4.98 Å². The molecule has 0 aromatic carbocycles. The van der Waals surface area contributed by atoms with Crippen molar-refractivity contribution in [2.45, 2.75) is 43.4 Å². The van der Waals surface area contributed by atoms with Crippen molar-refractivity contribution in [3.63, 3.8) is 0 Å². The molecule has 1 aliphatic carbocycles. The summed E-state index contributed by atoms with van der Waals surface area (Å²) in [5, 5.41) is 3.43. The molecule has 1 aliphatic rings. The molecule has 1 heterocycles. The lowest BCUT2D eigenvalue weighted by molar-refractivity contribution is 0.452. The number of nitrogens with zero attached hydrogens (tertiary/aromatic N) is 1. The van der Waals surface area contributed by atoms with Crippen LogP contribution in [0.4, 0.5) is 0 Å². The van der Waals surface area contributed by atoms with Gasteiger partial charge >= 0.3 is 0 Å². The first kappa shape index (κ1) is 9.66. The van der Waals surface area contributed by atoms with Crippen LogP contribution < -0.4 is 0 Å². The van der Waals surface area contributed by atoms with E-state index in [9.17, 15) is 0 Å². The van der Waals surface area contributed by atoms with Crippen molar-refractivity contribution >= 4 is 27.3 Å². The number of alkyl halides is 1. The molecule has 1 aromatic heterocycles. The highest BCUT2D eigenvalue weighted by Crippen LogP contribution is 2.36. The molecule has 1 nitrogen and oxygen atoms in total. The van der Waals surface area contributed by atoms with E-state index in [1.165, 1.54) is 36.4 Å². The zero-order valence-corrected chi connectivity index (χ0v) is 10.2. The molecule has 0 saturated heterocycles. The zero-order valence-electron chi connectivity index (χ0n) is 7.79. The van der Waals surface area contributed by atoms with Gasteiger partial charge in [0.05, 0.1) is 10.7 Å². The summed E-state index contributed by atoms with van der Waals surface area (Å²) in [6.07, 6.45) is 5.27. The van der Waals surface area contributed by atoms with Crippen molar-refractivity contribution in [1.82, 2.24) is 4.98 Å². The molecule has 2 atom stereocenters. The Balaban J connectivity index is 2.08. The molecule has 72 valence electrons. The average molecular weight is 260 g/mol. The van der Waals surface area contributed by atoms with Crippen LogP contribution in [0.15, 0.2) is 5.38 Å². The second-order valence-corrected chi connectivity index (χ2v) is 6.11. The fourth-order valence-electron chi connectivity index (χ4n) is 1.97. The van der Waals surface area contributed by atoms with Crippen molar-refractivity contribution < 1.29 is 0 Å². The standard InChI is InChI=1S/C10H14BrNS/c1-7-12-10(6-13-7)8-3-2-4-9(11)5-8/h6,8-9H,2-5H2,1H3. The zero-order chi connectivity index (χ0) is 9.26. The van der Waals surface area contributed by atoms with E-state index in [-0.39, 0.29) is 0 Å². The van der Waals surface area contributed by atoms with Crippen LogP contribution in [-0.4, -0.2) is 9.81 Å². The van der Waals surface area contributed by atoms with Crippen molar-refractivity contribution in [2.24, 2.45) is 0 Å². The molecule has 3 heteroatoms. The number of thiazole rings is 1. The highest BCUT2D eigenvalue weighted by Gasteiger charge is 2.22. The molecule has 1 saturated carbocycles. The van der Waals surface area contributed by atoms with Crippen molar-refractivity contribution in [1.29, 1.82) is 0 Å². The second-order valence-electron chi connectivity index (χ2n) is 3.75. The summed E-state index contributed by atoms with van der Waals surface area (Å²) < 4.78 is 0. The minimum absolute atomic E-state index is 0.711. The number of aryl methyl sites for hydroxylation is 1. The van der Waals surface area contributed by atoms with Crippen LogP contribution in [0.5, 0.6) is 0 Å². The summed E-state index contributed by atoms with van der Waals surface area (Å²) in [4.78, 5) is 5.28. The highest BCUT2D eigenvalue weighted by molar-refractivity contribution is 9.09. The Bertz CT molecular complexity index is 284. The first-order valence-electron chi connectivity index (χ1n) is 4.82. The fraction of sp³-hybridized carbons (Fsp3) is 0.700. The van der Waals surface area contributed by atoms with Gasteiger partial charge in [-0.3, -0.25) is 0 Å². The van der Waals surface area contributed by atoms with Crippen molar-refractivity contribution in [3.8, 4) is 0 Å². The predicted octanol–water partition coefficient (Wildman–Crippen LogP) is 3.87. The molecule has 13 heavy (non-hydrogen) atoms. The van der Waals surface area contributed by atoms with Gasteiger partial charge in [0, 0.05) is 16.1 Å². The molecule has 0 N–H and O–H groups in total. The van der Waals surface area contributed by atoms with Crippen LogP contribution in [0, 0.1) is 6.92 Å². The molecule has 1 aromatic rings. The molecule has 0 bridgehead atoms. The van der Waals surface area contributed by atoms with Gasteiger partial charge in [0.15, 0.2) is 0 Å². The van der Waals surface area contributed by atoms with E-state index in [0.717, 1.165) is 0 Å². The maximum absolute atomic E-state index is 4.57. The van der Waals surface area contributed by atoms with Crippen LogP contribution in [0.1, 0.15) is 42.3 Å². The van der Waals surface area contributed by atoms with E-state index in [1.807, 2.05) is 0 Å². The Labute approximate surface area is 91.7 Å². The van der Waals surface area contributed by atoms with Gasteiger partial charge in [-0.15, -0.1) is 11.3 Å². The lowest BCUT2D eigenvalue weighted by atomic mass is 9.87. The van der Waals surface area contributed by atoms with Crippen molar-refractivity contribution in [3.05, 3.63) is 16.1 Å². The molecule has 0 aliphatic heterocycles. The molecule has 0 radical (unpaired) electrons. The third-order valence-corrected chi connectivity index (χ3v) is 4.29. The van der Waals surface area contributed by atoms with Crippen LogP contribution in [0.25, 0.3) is 0 Å². The second kappa shape index (κ2) is 4.09. The quantitative estimate of drug-likeness (QED) is 0.698. The summed E-state index contributed by atoms with van der Waals surface area (Å²) in [5.74, 6) is 0.711. The first-order chi connectivity index (χ1) is 6.25. The lowest BCUT2D eigenvalue weighted by Crippen LogP contribution is -2.13. The Hall–Kier alpha value is 0.110. The topological polar surface area (TPSA) is 12.9 Å². The molecule has 0 amide bonds. The van der Waals surface area contributed by atoms with Gasteiger partial charge in [-0.2, -0.15) is 0 Å². The molecular weight excluding hydrogens is 246 g/mol. The van der Waals surface area contributed by atoms with Gasteiger partial charge in [-0.05, 0) is 26.2 Å². The van der Waals surface area contributed by atoms with Gasteiger partial charge < -0.3 is 0 Å². The largest absolute Gasteiger partial charge is 0.246 e. The summed E-state index contributed by atoms with van der Waals surface area (Å²) in [7, 11) is 0. The number of hydrogen-bond acceptors (Lipinski definition) is 2. The molecular formula is C10H14BrNS. The van der Waals surface area contributed by atoms with Crippen LogP contribution >= 0.6 is 27.3 Å². The Morgan fingerprint density at radius 2 is 2.38 bits per heavy atom. The molecule has 2 unspecified atom stereocenters. The summed E-state index contributed by atoms with van der Waals surface area (Å²) in [6, 6.07) is 0. The van der Waals surface area contributed by atoms with Gasteiger partial charge in [0.2, 0.25) is 0 Å². The first-order valence-corrected chi connectivity index (χ1v) is 6.61. The third-order valence-electron chi connectivity index (χ3n) is 2.67. The number of hydrogen-bond donors (Lipinski definition) is 0. The average Bonchev–Trinajstić information content (AvgIpc) is 2.52. The van der Waals surface area contributed by atoms with Gasteiger partial charge in [0.25, 0.3) is 0 Å². The van der Waals surface area contributed by atoms with Crippen LogP contribution in [0.3, 0.4) is 0 Å². The monoisotopic (exact) mass is 259 g/mol. The van der Waals surface area contributed by atoms with Crippen LogP contribution in [0.2, 0.25) is 0 Å². The summed E-state index contributed by atoms with van der Waals surface area (Å²) >= 11 is 5.48. The normalized spacial score (nSPS) is 29.1. The fourth-order valence-corrected chi connectivity index (χ4v) is 3.44. The Morgan fingerprint density at radius 3 is 3.00 bits per heavy atom. The maximum Gasteiger partial charge on any atom is 0.0897 e. The third kappa shape index (κ3) is 2.32. The van der Waals surface area contributed by atoms with Crippen LogP contribution in [-0.2, 0) is 0 Å². The SMILES string of the molecule is Cc1nc(C2CCCC(Br)C2)cs1. The van der Waals surface area contributed by atoms with E-state index in [2.05, 4.69) is 33.2 Å². The minimum Gasteiger partial charge on any atom is -0.246 e. The number of rotatable bonds is 1. The van der Waals surface area contributed by atoms with E-state index < -0.39 is 0 Å². The van der Waals surface area contributed by atoms with E-state index >= 15 is 0 Å². The molecule has 0 spiro atoms. The lowest BCUT2D eigenvalue weighted by Gasteiger charge is -2.24. The molecule has 1 fully saturated rings. The Morgan fingerprint density at radius 1 is 1.54 bits per heavy atom. The Kier molecular flexibility index (Phi) is 3.04. The number of aromatic nitrogens is 1. The summed E-state index contributed by atoms with van der Waals surface area (Å²) in [5.41, 5.74) is 1.33. The summed E-state index contributed by atoms with van der Waals surface area (Å²) in [6.45, 7) is 2.09. The van der Waals surface area contributed by atoms with Crippen molar-refractivity contribution in [2.75, 3.05) is 0 Å². The smallest absolute Gasteiger partial charge is 0.0897 e. The minimum atomic E-state index is 0.711.